The van der Waals surface area contributed by atoms with Gasteiger partial charge in [0, 0.05) is 23.7 Å². The third-order valence-corrected chi connectivity index (χ3v) is 0.874. The van der Waals surface area contributed by atoms with Gasteiger partial charge in [0.1, 0.15) is 5.78 Å². The smallest absolute Gasteiger partial charge is 0.382 e. The number of Topliss-reactive ketones (excluding diaryl/α,β-unsaturated/α-hetero) is 2. The molecule has 0 fully saturated rings. The number of rotatable bonds is 3. The van der Waals surface area contributed by atoms with Crippen LogP contribution in [0.3, 0.4) is 0 Å². The van der Waals surface area contributed by atoms with Gasteiger partial charge in [-0.1, -0.05) is 0 Å². The van der Waals surface area contributed by atoms with E-state index >= 15 is 0 Å². The van der Waals surface area contributed by atoms with Gasteiger partial charge in [-0.05, 0) is 6.92 Å². The molecule has 1 radical (unpaired) electrons. The van der Waals surface area contributed by atoms with E-state index in [0.717, 1.165) is 6.92 Å². The molecule has 0 amide bonds. The van der Waals surface area contributed by atoms with E-state index in [-0.39, 0.29) is 16.8 Å². The molecule has 75 valence electrons. The molecular weight excluding hydrogens is 223 g/mol. The Morgan fingerprint density at radius 3 is 1.85 bits per heavy atom. The van der Waals surface area contributed by atoms with Crippen molar-refractivity contribution in [3.05, 3.63) is 0 Å². The molecule has 6 heteroatoms. The number of carbonyl (C=O) groups is 4. The zero-order valence-electron chi connectivity index (χ0n) is 7.08. The predicted molar refractivity (Wildman–Crippen MR) is 37.1 cm³/mol. The molecule has 13 heavy (non-hydrogen) atoms. The first-order chi connectivity index (χ1) is 5.43. The Labute approximate surface area is 85.0 Å². The molecule has 0 aliphatic rings. The Bertz CT molecular complexity index is 219. The molecule has 0 bridgehead atoms. The van der Waals surface area contributed by atoms with Crippen molar-refractivity contribution in [1.82, 2.24) is 0 Å². The minimum absolute atomic E-state index is 0. The zero-order valence-corrected chi connectivity index (χ0v) is 8.12. The van der Waals surface area contributed by atoms with Gasteiger partial charge in [0.15, 0.2) is 0 Å². The Morgan fingerprint density at radius 1 is 1.08 bits per heavy atom. The van der Waals surface area contributed by atoms with Crippen LogP contribution in [0, 0.1) is 0 Å². The summed E-state index contributed by atoms with van der Waals surface area (Å²) < 4.78 is 3.93. The third-order valence-electron chi connectivity index (χ3n) is 0.874. The molecule has 0 unspecified atom stereocenters. The van der Waals surface area contributed by atoms with Gasteiger partial charge >= 0.3 is 11.9 Å². The van der Waals surface area contributed by atoms with E-state index in [0.29, 0.717) is 0 Å². The van der Waals surface area contributed by atoms with E-state index in [9.17, 15) is 19.2 Å². The SMILES string of the molecule is CC(=O)CC(=O)C(=O)OC(C)=O.[Co]. The average Bonchev–Trinajstić information content (AvgIpc) is 1.84. The van der Waals surface area contributed by atoms with E-state index < -0.39 is 29.9 Å². The number of ether oxygens (including phenoxy) is 1. The Morgan fingerprint density at radius 2 is 1.54 bits per heavy atom. The minimum atomic E-state index is -1.28. The van der Waals surface area contributed by atoms with Gasteiger partial charge < -0.3 is 4.74 Å². The molecule has 0 saturated heterocycles. The van der Waals surface area contributed by atoms with Crippen molar-refractivity contribution in [2.75, 3.05) is 0 Å². The van der Waals surface area contributed by atoms with Crippen LogP contribution in [-0.2, 0) is 40.7 Å². The summed E-state index contributed by atoms with van der Waals surface area (Å²) in [6.07, 6.45) is -0.522. The van der Waals surface area contributed by atoms with Crippen LogP contribution in [0.15, 0.2) is 0 Å². The molecule has 0 aromatic carbocycles. The molecule has 0 aromatic rings. The van der Waals surface area contributed by atoms with E-state index in [2.05, 4.69) is 4.74 Å². The number of esters is 2. The van der Waals surface area contributed by atoms with Crippen molar-refractivity contribution in [3.63, 3.8) is 0 Å². The fourth-order valence-corrected chi connectivity index (χ4v) is 0.486. The maximum absolute atomic E-state index is 10.6. The van der Waals surface area contributed by atoms with Crippen molar-refractivity contribution in [1.29, 1.82) is 0 Å². The van der Waals surface area contributed by atoms with Gasteiger partial charge in [-0.2, -0.15) is 0 Å². The van der Waals surface area contributed by atoms with Gasteiger partial charge in [0.2, 0.25) is 5.78 Å². The molecule has 0 rings (SSSR count). The van der Waals surface area contributed by atoms with Gasteiger partial charge in [-0.3, -0.25) is 14.4 Å². The first-order valence-electron chi connectivity index (χ1n) is 3.18. The third kappa shape index (κ3) is 7.35. The van der Waals surface area contributed by atoms with Gasteiger partial charge in [0.25, 0.3) is 0 Å². The second kappa shape index (κ2) is 6.50. The molecule has 0 N–H and O–H groups in total. The zero-order chi connectivity index (χ0) is 9.72. The Hall–Kier alpha value is -1.01. The summed E-state index contributed by atoms with van der Waals surface area (Å²) in [7, 11) is 0. The molecule has 0 aliphatic carbocycles. The first kappa shape index (κ1) is 14.5. The summed E-state index contributed by atoms with van der Waals surface area (Å²) in [4.78, 5) is 41.7. The maximum Gasteiger partial charge on any atom is 0.382 e. The first-order valence-corrected chi connectivity index (χ1v) is 3.18. The monoisotopic (exact) mass is 231 g/mol. The molecule has 0 aromatic heterocycles. The van der Waals surface area contributed by atoms with E-state index in [1.165, 1.54) is 6.92 Å². The topological polar surface area (TPSA) is 77.5 Å². The normalized spacial score (nSPS) is 8.15. The van der Waals surface area contributed by atoms with Crippen LogP contribution in [0.4, 0.5) is 0 Å². The molecule has 0 saturated carbocycles. The Balaban J connectivity index is 0. The molecule has 0 spiro atoms. The molecule has 0 aliphatic heterocycles. The minimum Gasteiger partial charge on any atom is -0.387 e. The summed E-state index contributed by atoms with van der Waals surface area (Å²) in [5.74, 6) is -3.59. The van der Waals surface area contributed by atoms with Crippen LogP contribution >= 0.6 is 0 Å². The van der Waals surface area contributed by atoms with E-state index in [1.807, 2.05) is 0 Å². The van der Waals surface area contributed by atoms with Crippen molar-refractivity contribution in [3.8, 4) is 0 Å². The maximum atomic E-state index is 10.6. The van der Waals surface area contributed by atoms with Crippen molar-refractivity contribution >= 4 is 23.5 Å². The van der Waals surface area contributed by atoms with Crippen LogP contribution in [0.1, 0.15) is 20.3 Å². The van der Waals surface area contributed by atoms with Crippen LogP contribution in [0.2, 0.25) is 0 Å². The summed E-state index contributed by atoms with van der Waals surface area (Å²) in [6.45, 7) is 2.16. The number of carbonyl (C=O) groups excluding carboxylic acids is 4. The van der Waals surface area contributed by atoms with Crippen molar-refractivity contribution in [2.24, 2.45) is 0 Å². The summed E-state index contributed by atoms with van der Waals surface area (Å²) in [6, 6.07) is 0. The van der Waals surface area contributed by atoms with Crippen molar-refractivity contribution in [2.45, 2.75) is 20.3 Å². The van der Waals surface area contributed by atoms with Crippen LogP contribution < -0.4 is 0 Å². The van der Waals surface area contributed by atoms with Gasteiger partial charge in [0.05, 0.1) is 6.42 Å². The summed E-state index contributed by atoms with van der Waals surface area (Å²) in [5, 5.41) is 0. The number of ketones is 2. The average molecular weight is 231 g/mol. The van der Waals surface area contributed by atoms with Crippen LogP contribution in [-0.4, -0.2) is 23.5 Å². The quantitative estimate of drug-likeness (QED) is 0.376. The molecule has 0 atom stereocenters. The number of hydrogen-bond acceptors (Lipinski definition) is 5. The molecular formula is C7H8CoO5. The number of hydrogen-bond donors (Lipinski definition) is 0. The fraction of sp³-hybridized carbons (Fsp3) is 0.429. The fourth-order valence-electron chi connectivity index (χ4n) is 0.486. The Kier molecular flexibility index (Phi) is 7.25. The van der Waals surface area contributed by atoms with Crippen molar-refractivity contribution < 1.29 is 40.7 Å². The van der Waals surface area contributed by atoms with E-state index in [1.54, 1.807) is 0 Å². The summed E-state index contributed by atoms with van der Waals surface area (Å²) >= 11 is 0. The molecule has 5 nitrogen and oxygen atoms in total. The predicted octanol–water partition coefficient (Wildman–Crippen LogP) is -0.378. The van der Waals surface area contributed by atoms with Crippen LogP contribution in [0.25, 0.3) is 0 Å². The summed E-state index contributed by atoms with van der Waals surface area (Å²) in [5.41, 5.74) is 0. The standard InChI is InChI=1S/C7H8O5.Co/c1-4(8)3-6(10)7(11)12-5(2)9;/h3H2,1-2H3;. The van der Waals surface area contributed by atoms with Crippen LogP contribution in [0.5, 0.6) is 0 Å². The largest absolute Gasteiger partial charge is 0.387 e. The van der Waals surface area contributed by atoms with E-state index in [4.69, 9.17) is 0 Å². The van der Waals surface area contributed by atoms with Gasteiger partial charge in [-0.25, -0.2) is 4.79 Å². The van der Waals surface area contributed by atoms with Gasteiger partial charge in [-0.15, -0.1) is 0 Å². The second-order valence-corrected chi connectivity index (χ2v) is 2.18. The second-order valence-electron chi connectivity index (χ2n) is 2.18. The molecule has 0 heterocycles.